The highest BCUT2D eigenvalue weighted by Crippen LogP contribution is 2.35. The van der Waals surface area contributed by atoms with Crippen molar-refractivity contribution in [3.05, 3.63) is 17.5 Å². The van der Waals surface area contributed by atoms with Crippen LogP contribution in [0.5, 0.6) is 0 Å². The number of aromatic nitrogens is 2. The SMILES string of the molecule is Cn1nc(C(F)(F)F)cc1[C@H](O)C(F)(F)F. The zero-order valence-electron chi connectivity index (χ0n) is 7.76. The van der Waals surface area contributed by atoms with Crippen molar-refractivity contribution in [1.82, 2.24) is 9.78 Å². The van der Waals surface area contributed by atoms with Gasteiger partial charge in [0.2, 0.25) is 0 Å². The lowest BCUT2D eigenvalue weighted by Gasteiger charge is -2.13. The number of hydrogen-bond acceptors (Lipinski definition) is 2. The molecule has 1 rings (SSSR count). The molecule has 0 aliphatic rings. The van der Waals surface area contributed by atoms with Gasteiger partial charge < -0.3 is 5.11 Å². The number of halogens is 6. The summed E-state index contributed by atoms with van der Waals surface area (Å²) in [7, 11) is 0.888. The monoisotopic (exact) mass is 248 g/mol. The molecule has 1 N–H and O–H groups in total. The number of alkyl halides is 6. The Morgan fingerprint density at radius 3 is 2.06 bits per heavy atom. The fourth-order valence-electron chi connectivity index (χ4n) is 1.04. The van der Waals surface area contributed by atoms with E-state index in [1.807, 2.05) is 0 Å². The van der Waals surface area contributed by atoms with Gasteiger partial charge >= 0.3 is 12.4 Å². The molecule has 16 heavy (non-hydrogen) atoms. The molecule has 0 saturated carbocycles. The lowest BCUT2D eigenvalue weighted by molar-refractivity contribution is -0.208. The van der Waals surface area contributed by atoms with E-state index in [9.17, 15) is 26.3 Å². The number of nitrogens with zero attached hydrogens (tertiary/aromatic N) is 2. The topological polar surface area (TPSA) is 38.0 Å². The molecule has 0 saturated heterocycles. The zero-order valence-corrected chi connectivity index (χ0v) is 7.76. The molecule has 9 heteroatoms. The normalized spacial score (nSPS) is 15.2. The van der Waals surface area contributed by atoms with Crippen LogP contribution in [0.4, 0.5) is 26.3 Å². The molecule has 1 atom stereocenters. The van der Waals surface area contributed by atoms with Crippen LogP contribution in [0.2, 0.25) is 0 Å². The Labute approximate surface area is 85.3 Å². The van der Waals surface area contributed by atoms with Gasteiger partial charge in [0, 0.05) is 7.05 Å². The van der Waals surface area contributed by atoms with E-state index in [1.54, 1.807) is 0 Å². The van der Waals surface area contributed by atoms with Crippen molar-refractivity contribution in [3.8, 4) is 0 Å². The zero-order chi connectivity index (χ0) is 12.7. The summed E-state index contributed by atoms with van der Waals surface area (Å²) >= 11 is 0. The van der Waals surface area contributed by atoms with Gasteiger partial charge in [0.05, 0.1) is 5.69 Å². The standard InChI is InChI=1S/C7H6F6N2O/c1-15-3(5(16)7(11,12)13)2-4(14-15)6(8,9)10/h2,5,16H,1H3/t5-/m0/s1. The predicted molar refractivity (Wildman–Crippen MR) is 39.2 cm³/mol. The van der Waals surface area contributed by atoms with Crippen LogP contribution >= 0.6 is 0 Å². The van der Waals surface area contributed by atoms with E-state index in [1.165, 1.54) is 0 Å². The van der Waals surface area contributed by atoms with Crippen LogP contribution in [-0.2, 0) is 13.2 Å². The quantitative estimate of drug-likeness (QED) is 0.772. The largest absolute Gasteiger partial charge is 0.435 e. The van der Waals surface area contributed by atoms with Gasteiger partial charge in [-0.25, -0.2) is 0 Å². The predicted octanol–water partition coefficient (Wildman–Crippen LogP) is 2.03. The molecule has 0 unspecified atom stereocenters. The van der Waals surface area contributed by atoms with Gasteiger partial charge in [-0.3, -0.25) is 4.68 Å². The smallest absolute Gasteiger partial charge is 0.378 e. The molecule has 1 heterocycles. The van der Waals surface area contributed by atoms with Crippen molar-refractivity contribution in [2.45, 2.75) is 18.5 Å². The molecular weight excluding hydrogens is 242 g/mol. The van der Waals surface area contributed by atoms with Crippen molar-refractivity contribution in [2.24, 2.45) is 7.05 Å². The molecule has 3 nitrogen and oxygen atoms in total. The van der Waals surface area contributed by atoms with Crippen LogP contribution in [0.3, 0.4) is 0 Å². The van der Waals surface area contributed by atoms with Crippen LogP contribution in [0.15, 0.2) is 6.07 Å². The molecule has 0 fully saturated rings. The van der Waals surface area contributed by atoms with Crippen LogP contribution < -0.4 is 0 Å². The minimum atomic E-state index is -5.03. The van der Waals surface area contributed by atoms with Gasteiger partial charge in [0.1, 0.15) is 0 Å². The van der Waals surface area contributed by atoms with Gasteiger partial charge in [-0.1, -0.05) is 0 Å². The maximum Gasteiger partial charge on any atom is 0.435 e. The van der Waals surface area contributed by atoms with Crippen molar-refractivity contribution in [3.63, 3.8) is 0 Å². The number of aliphatic hydroxyl groups is 1. The molecule has 1 aromatic rings. The van der Waals surface area contributed by atoms with Crippen LogP contribution in [0.25, 0.3) is 0 Å². The number of aryl methyl sites for hydroxylation is 1. The third-order valence-electron chi connectivity index (χ3n) is 1.80. The summed E-state index contributed by atoms with van der Waals surface area (Å²) in [4.78, 5) is 0. The summed E-state index contributed by atoms with van der Waals surface area (Å²) in [5.74, 6) is 0. The molecule has 1 aromatic heterocycles. The summed E-state index contributed by atoms with van der Waals surface area (Å²) in [5.41, 5.74) is -2.44. The number of rotatable bonds is 1. The van der Waals surface area contributed by atoms with E-state index < -0.39 is 29.8 Å². The maximum absolute atomic E-state index is 12.1. The average molecular weight is 248 g/mol. The fraction of sp³-hybridized carbons (Fsp3) is 0.571. The van der Waals surface area contributed by atoms with Crippen LogP contribution in [-0.4, -0.2) is 21.1 Å². The number of hydrogen-bond donors (Lipinski definition) is 1. The molecule has 0 bridgehead atoms. The highest BCUT2D eigenvalue weighted by atomic mass is 19.4. The maximum atomic E-state index is 12.1. The first-order valence-corrected chi connectivity index (χ1v) is 3.89. The molecule has 0 aromatic carbocycles. The van der Waals surface area contributed by atoms with Gasteiger partial charge in [-0.05, 0) is 6.07 Å². The minimum Gasteiger partial charge on any atom is -0.378 e. The highest BCUT2D eigenvalue weighted by Gasteiger charge is 2.43. The Morgan fingerprint density at radius 2 is 1.75 bits per heavy atom. The van der Waals surface area contributed by atoms with Gasteiger partial charge in [-0.15, -0.1) is 0 Å². The Bertz CT molecular complexity index is 379. The second-order valence-corrected chi connectivity index (χ2v) is 3.02. The van der Waals surface area contributed by atoms with Gasteiger partial charge in [0.15, 0.2) is 11.8 Å². The third-order valence-corrected chi connectivity index (χ3v) is 1.80. The van der Waals surface area contributed by atoms with Crippen molar-refractivity contribution in [1.29, 1.82) is 0 Å². The summed E-state index contributed by atoms with van der Waals surface area (Å²) in [6, 6.07) is 0.165. The summed E-state index contributed by atoms with van der Waals surface area (Å²) in [6.45, 7) is 0. The highest BCUT2D eigenvalue weighted by molar-refractivity contribution is 5.16. The lowest BCUT2D eigenvalue weighted by Crippen LogP contribution is -2.22. The van der Waals surface area contributed by atoms with Crippen molar-refractivity contribution < 1.29 is 31.4 Å². The summed E-state index contributed by atoms with van der Waals surface area (Å²) in [5, 5.41) is 11.6. The minimum absolute atomic E-state index is 0.165. The Morgan fingerprint density at radius 1 is 1.25 bits per heavy atom. The molecule has 0 spiro atoms. The Hall–Kier alpha value is -1.25. The second-order valence-electron chi connectivity index (χ2n) is 3.02. The van der Waals surface area contributed by atoms with E-state index in [4.69, 9.17) is 5.11 Å². The van der Waals surface area contributed by atoms with E-state index in [0.29, 0.717) is 4.68 Å². The summed E-state index contributed by atoms with van der Waals surface area (Å²) < 4.78 is 72.8. The molecule has 0 amide bonds. The third kappa shape index (κ3) is 2.46. The first-order valence-electron chi connectivity index (χ1n) is 3.89. The van der Waals surface area contributed by atoms with Crippen molar-refractivity contribution >= 4 is 0 Å². The Kier molecular flexibility index (Phi) is 2.92. The second kappa shape index (κ2) is 3.65. The van der Waals surface area contributed by atoms with E-state index in [0.717, 1.165) is 7.05 Å². The van der Waals surface area contributed by atoms with Gasteiger partial charge in [0.25, 0.3) is 0 Å². The van der Waals surface area contributed by atoms with Crippen LogP contribution in [0.1, 0.15) is 17.5 Å². The molecule has 92 valence electrons. The summed E-state index contributed by atoms with van der Waals surface area (Å²) in [6.07, 6.45) is -12.9. The fourth-order valence-corrected chi connectivity index (χ4v) is 1.04. The Balaban J connectivity index is 3.13. The molecule has 0 radical (unpaired) electrons. The van der Waals surface area contributed by atoms with Crippen molar-refractivity contribution in [2.75, 3.05) is 0 Å². The van der Waals surface area contributed by atoms with Gasteiger partial charge in [-0.2, -0.15) is 31.4 Å². The van der Waals surface area contributed by atoms with E-state index >= 15 is 0 Å². The van der Waals surface area contributed by atoms with Crippen LogP contribution in [0, 0.1) is 0 Å². The molecule has 0 aliphatic carbocycles. The first kappa shape index (κ1) is 12.8. The molecule has 0 aliphatic heterocycles. The number of aliphatic hydroxyl groups excluding tert-OH is 1. The van der Waals surface area contributed by atoms with E-state index in [2.05, 4.69) is 5.10 Å². The molecular formula is C7H6F6N2O. The first-order chi connectivity index (χ1) is 7.03. The lowest BCUT2D eigenvalue weighted by atomic mass is 10.2. The van der Waals surface area contributed by atoms with E-state index in [-0.39, 0.29) is 6.07 Å². The average Bonchev–Trinajstić information content (AvgIpc) is 2.43.